The van der Waals surface area contributed by atoms with Crippen molar-refractivity contribution in [1.29, 1.82) is 0 Å². The van der Waals surface area contributed by atoms with Crippen LogP contribution in [-0.2, 0) is 0 Å². The molecule has 2 heterocycles. The molecule has 0 spiro atoms. The Morgan fingerprint density at radius 2 is 2.14 bits per heavy atom. The Labute approximate surface area is 84.4 Å². The Morgan fingerprint density at radius 1 is 1.43 bits per heavy atom. The number of anilines is 1. The summed E-state index contributed by atoms with van der Waals surface area (Å²) in [6, 6.07) is 4.04. The first-order valence-corrected chi connectivity index (χ1v) is 5.10. The number of hydrogen-bond acceptors (Lipinski definition) is 3. The Hall–Kier alpha value is -1.09. The molecule has 1 aliphatic rings. The average molecular weight is 192 g/mol. The zero-order valence-corrected chi connectivity index (χ0v) is 8.43. The van der Waals surface area contributed by atoms with E-state index >= 15 is 0 Å². The molecule has 1 aliphatic heterocycles. The van der Waals surface area contributed by atoms with Crippen molar-refractivity contribution in [3.8, 4) is 0 Å². The summed E-state index contributed by atoms with van der Waals surface area (Å²) in [6.07, 6.45) is 4.35. The van der Waals surface area contributed by atoms with Crippen LogP contribution in [0.2, 0.25) is 0 Å². The molecule has 0 bridgehead atoms. The van der Waals surface area contributed by atoms with Gasteiger partial charge in [-0.25, -0.2) is 0 Å². The highest BCUT2D eigenvalue weighted by Crippen LogP contribution is 2.22. The van der Waals surface area contributed by atoms with Gasteiger partial charge in [0.1, 0.15) is 0 Å². The first-order valence-electron chi connectivity index (χ1n) is 5.10. The van der Waals surface area contributed by atoms with Crippen LogP contribution in [0.5, 0.6) is 0 Å². The lowest BCUT2D eigenvalue weighted by atomic mass is 9.96. The molecule has 0 aromatic carbocycles. The summed E-state index contributed by atoms with van der Waals surface area (Å²) in [6.45, 7) is 3.97. The van der Waals surface area contributed by atoms with E-state index in [1.807, 2.05) is 24.5 Å². The maximum absolute atomic E-state index is 9.60. The third-order valence-electron chi connectivity index (χ3n) is 2.89. The minimum absolute atomic E-state index is 0.131. The first-order chi connectivity index (χ1) is 6.77. The van der Waals surface area contributed by atoms with E-state index in [0.29, 0.717) is 5.92 Å². The molecule has 1 saturated heterocycles. The van der Waals surface area contributed by atoms with Crippen molar-refractivity contribution < 1.29 is 5.11 Å². The van der Waals surface area contributed by atoms with E-state index in [9.17, 15) is 5.11 Å². The zero-order chi connectivity index (χ0) is 9.97. The van der Waals surface area contributed by atoms with Crippen molar-refractivity contribution in [3.63, 3.8) is 0 Å². The van der Waals surface area contributed by atoms with E-state index in [0.717, 1.165) is 19.5 Å². The average Bonchev–Trinajstić information content (AvgIpc) is 2.23. The number of rotatable bonds is 1. The van der Waals surface area contributed by atoms with Crippen molar-refractivity contribution >= 4 is 5.69 Å². The Balaban J connectivity index is 2.07. The molecule has 0 amide bonds. The van der Waals surface area contributed by atoms with E-state index in [2.05, 4.69) is 16.8 Å². The lowest BCUT2D eigenvalue weighted by Gasteiger charge is -2.35. The quantitative estimate of drug-likeness (QED) is 0.728. The van der Waals surface area contributed by atoms with E-state index in [4.69, 9.17) is 0 Å². The minimum Gasteiger partial charge on any atom is -0.393 e. The van der Waals surface area contributed by atoms with Gasteiger partial charge in [-0.3, -0.25) is 4.98 Å². The maximum Gasteiger partial charge on any atom is 0.0599 e. The highest BCUT2D eigenvalue weighted by Gasteiger charge is 2.23. The van der Waals surface area contributed by atoms with Crippen LogP contribution in [0.1, 0.15) is 13.3 Å². The van der Waals surface area contributed by atoms with Crippen LogP contribution in [0.3, 0.4) is 0 Å². The molecule has 2 unspecified atom stereocenters. The molecule has 1 aromatic rings. The monoisotopic (exact) mass is 192 g/mol. The highest BCUT2D eigenvalue weighted by atomic mass is 16.3. The first kappa shape index (κ1) is 9.46. The summed E-state index contributed by atoms with van der Waals surface area (Å²) in [5.41, 5.74) is 1.21. The number of hydrogen-bond donors (Lipinski definition) is 1. The number of aliphatic hydroxyl groups excluding tert-OH is 1. The van der Waals surface area contributed by atoms with Crippen LogP contribution in [0.4, 0.5) is 5.69 Å². The fourth-order valence-corrected chi connectivity index (χ4v) is 1.92. The fourth-order valence-electron chi connectivity index (χ4n) is 1.92. The van der Waals surface area contributed by atoms with Crippen molar-refractivity contribution in [2.75, 3.05) is 18.0 Å². The second-order valence-corrected chi connectivity index (χ2v) is 3.98. The topological polar surface area (TPSA) is 36.4 Å². The smallest absolute Gasteiger partial charge is 0.0599 e. The summed E-state index contributed by atoms with van der Waals surface area (Å²) in [4.78, 5) is 6.30. The summed E-state index contributed by atoms with van der Waals surface area (Å²) in [5.74, 6) is 0.358. The van der Waals surface area contributed by atoms with Gasteiger partial charge >= 0.3 is 0 Å². The Bertz CT molecular complexity index is 289. The van der Waals surface area contributed by atoms with E-state index in [1.54, 1.807) is 0 Å². The van der Waals surface area contributed by atoms with Gasteiger partial charge in [0.2, 0.25) is 0 Å². The molecule has 1 fully saturated rings. The Morgan fingerprint density at radius 3 is 2.79 bits per heavy atom. The second-order valence-electron chi connectivity index (χ2n) is 3.98. The van der Waals surface area contributed by atoms with E-state index in [1.165, 1.54) is 5.69 Å². The van der Waals surface area contributed by atoms with Crippen LogP contribution in [0.15, 0.2) is 24.5 Å². The predicted octanol–water partition coefficient (Wildman–Crippen LogP) is 1.29. The summed E-state index contributed by atoms with van der Waals surface area (Å²) < 4.78 is 0. The summed E-state index contributed by atoms with van der Waals surface area (Å²) in [7, 11) is 0. The molecule has 3 nitrogen and oxygen atoms in total. The van der Waals surface area contributed by atoms with Gasteiger partial charge in [-0.05, 0) is 24.5 Å². The van der Waals surface area contributed by atoms with Gasteiger partial charge < -0.3 is 10.0 Å². The minimum atomic E-state index is -0.131. The number of aromatic nitrogens is 1. The van der Waals surface area contributed by atoms with Crippen LogP contribution in [0, 0.1) is 5.92 Å². The normalized spacial score (nSPS) is 27.7. The van der Waals surface area contributed by atoms with Crippen LogP contribution in [0.25, 0.3) is 0 Å². The number of nitrogens with zero attached hydrogens (tertiary/aromatic N) is 2. The molecule has 3 heteroatoms. The molecule has 2 rings (SSSR count). The molecular weight excluding hydrogens is 176 g/mol. The summed E-state index contributed by atoms with van der Waals surface area (Å²) in [5, 5.41) is 9.60. The molecule has 76 valence electrons. The lowest BCUT2D eigenvalue weighted by Crippen LogP contribution is -2.41. The zero-order valence-electron chi connectivity index (χ0n) is 8.43. The summed E-state index contributed by atoms with van der Waals surface area (Å²) >= 11 is 0. The second kappa shape index (κ2) is 3.96. The van der Waals surface area contributed by atoms with Crippen molar-refractivity contribution in [1.82, 2.24) is 4.98 Å². The highest BCUT2D eigenvalue weighted by molar-refractivity contribution is 5.45. The number of piperidine rings is 1. The number of aliphatic hydroxyl groups is 1. The van der Waals surface area contributed by atoms with Gasteiger partial charge in [-0.1, -0.05) is 6.92 Å². The molecule has 2 atom stereocenters. The van der Waals surface area contributed by atoms with E-state index < -0.39 is 0 Å². The SMILES string of the molecule is CC1CN(c2ccncc2)CCC1O. The van der Waals surface area contributed by atoms with Gasteiger partial charge in [0.25, 0.3) is 0 Å². The van der Waals surface area contributed by atoms with Crippen molar-refractivity contribution in [3.05, 3.63) is 24.5 Å². The molecule has 1 N–H and O–H groups in total. The van der Waals surface area contributed by atoms with Crippen molar-refractivity contribution in [2.24, 2.45) is 5.92 Å². The Kier molecular flexibility index (Phi) is 2.68. The van der Waals surface area contributed by atoms with Gasteiger partial charge in [0.05, 0.1) is 6.10 Å². The van der Waals surface area contributed by atoms with E-state index in [-0.39, 0.29) is 6.10 Å². The maximum atomic E-state index is 9.60. The van der Waals surface area contributed by atoms with Crippen LogP contribution >= 0.6 is 0 Å². The molecule has 14 heavy (non-hydrogen) atoms. The molecule has 0 saturated carbocycles. The fraction of sp³-hybridized carbons (Fsp3) is 0.545. The van der Waals surface area contributed by atoms with Gasteiger partial charge in [0, 0.05) is 31.2 Å². The molecular formula is C11H16N2O. The predicted molar refractivity (Wildman–Crippen MR) is 56.2 cm³/mol. The standard InChI is InChI=1S/C11H16N2O/c1-9-8-13(7-4-11(9)14)10-2-5-12-6-3-10/h2-3,5-6,9,11,14H,4,7-8H2,1H3. The molecule has 0 radical (unpaired) electrons. The third kappa shape index (κ3) is 1.87. The molecule has 0 aliphatic carbocycles. The van der Waals surface area contributed by atoms with Gasteiger partial charge in [-0.2, -0.15) is 0 Å². The number of pyridine rings is 1. The molecule has 1 aromatic heterocycles. The van der Waals surface area contributed by atoms with Crippen LogP contribution in [-0.4, -0.2) is 29.3 Å². The van der Waals surface area contributed by atoms with Gasteiger partial charge in [-0.15, -0.1) is 0 Å². The lowest BCUT2D eigenvalue weighted by molar-refractivity contribution is 0.0971. The largest absolute Gasteiger partial charge is 0.393 e. The third-order valence-corrected chi connectivity index (χ3v) is 2.89. The van der Waals surface area contributed by atoms with Gasteiger partial charge in [0.15, 0.2) is 0 Å². The van der Waals surface area contributed by atoms with Crippen LogP contribution < -0.4 is 4.90 Å². The van der Waals surface area contributed by atoms with Crippen molar-refractivity contribution in [2.45, 2.75) is 19.4 Å².